The second kappa shape index (κ2) is 6.59. The van der Waals surface area contributed by atoms with Crippen LogP contribution in [0.4, 0.5) is 10.3 Å². The molecule has 1 aromatic heterocycles. The first-order valence-electron chi connectivity index (χ1n) is 8.64. The third-order valence-corrected chi connectivity index (χ3v) is 5.18. The second-order valence-electron chi connectivity index (χ2n) is 6.63. The van der Waals surface area contributed by atoms with Crippen LogP contribution in [0.1, 0.15) is 28.0 Å². The Bertz CT molecular complexity index is 958. The van der Waals surface area contributed by atoms with Crippen LogP contribution < -0.4 is 11.1 Å². The molecule has 1 aliphatic heterocycles. The number of fused-ring (bicyclic) bond motifs is 1. The fourth-order valence-electron chi connectivity index (χ4n) is 3.83. The molecule has 3 N–H and O–H groups in total. The highest BCUT2D eigenvalue weighted by Crippen LogP contribution is 2.42. The number of nitrogens with one attached hydrogen (secondary N) is 1. The summed E-state index contributed by atoms with van der Waals surface area (Å²) in [5, 5.41) is 2.99. The molecule has 2 heterocycles. The van der Waals surface area contributed by atoms with Crippen LogP contribution in [0.2, 0.25) is 0 Å². The summed E-state index contributed by atoms with van der Waals surface area (Å²) in [7, 11) is 1.57. The number of carbonyl (C=O) groups excluding carboxylic acids is 1. The summed E-state index contributed by atoms with van der Waals surface area (Å²) < 4.78 is 20.1. The second-order valence-corrected chi connectivity index (χ2v) is 6.63. The molecule has 2 aliphatic rings. The van der Waals surface area contributed by atoms with Gasteiger partial charge in [0.1, 0.15) is 11.4 Å². The summed E-state index contributed by atoms with van der Waals surface area (Å²) in [5.74, 6) is -0.502. The van der Waals surface area contributed by atoms with Crippen molar-refractivity contribution in [1.29, 1.82) is 0 Å². The average Bonchev–Trinajstić information content (AvgIpc) is 2.68. The first-order chi connectivity index (χ1) is 13.0. The smallest absolute Gasteiger partial charge is 0.255 e. The van der Waals surface area contributed by atoms with Gasteiger partial charge in [0.25, 0.3) is 5.91 Å². The Morgan fingerprint density at radius 1 is 1.33 bits per heavy atom. The molecule has 1 aromatic carbocycles. The number of anilines is 1. The Labute approximate surface area is 156 Å². The van der Waals surface area contributed by atoms with Crippen molar-refractivity contribution >= 4 is 17.4 Å². The maximum Gasteiger partial charge on any atom is 0.255 e. The monoisotopic (exact) mass is 366 g/mol. The number of hydrogen-bond acceptors (Lipinski definition) is 5. The van der Waals surface area contributed by atoms with Crippen LogP contribution in [-0.4, -0.2) is 34.6 Å². The molecular formula is C20H19FN4O2. The van der Waals surface area contributed by atoms with Gasteiger partial charge < -0.3 is 15.8 Å². The number of benzene rings is 1. The van der Waals surface area contributed by atoms with Gasteiger partial charge in [0.15, 0.2) is 0 Å². The molecule has 7 heteroatoms. The highest BCUT2D eigenvalue weighted by Gasteiger charge is 2.47. The Morgan fingerprint density at radius 2 is 2.11 bits per heavy atom. The third-order valence-electron chi connectivity index (χ3n) is 5.18. The van der Waals surface area contributed by atoms with Crippen LogP contribution in [0, 0.1) is 0 Å². The van der Waals surface area contributed by atoms with E-state index in [2.05, 4.69) is 15.3 Å². The van der Waals surface area contributed by atoms with Gasteiger partial charge in [-0.05, 0) is 23.3 Å². The Hall–Kier alpha value is -3.06. The molecule has 1 unspecified atom stereocenters. The van der Waals surface area contributed by atoms with Gasteiger partial charge in [-0.3, -0.25) is 4.79 Å². The quantitative estimate of drug-likeness (QED) is 0.871. The number of nitrogen functional groups attached to an aromatic ring is 1. The highest BCUT2D eigenvalue weighted by atomic mass is 19.1. The fraction of sp³-hybridized carbons (Fsp3) is 0.250. The van der Waals surface area contributed by atoms with Gasteiger partial charge in [-0.15, -0.1) is 0 Å². The predicted octanol–water partition coefficient (Wildman–Crippen LogP) is 2.44. The summed E-state index contributed by atoms with van der Waals surface area (Å²) in [6.07, 6.45) is 5.07. The summed E-state index contributed by atoms with van der Waals surface area (Å²) in [5.41, 5.74) is 7.25. The van der Waals surface area contributed by atoms with Crippen molar-refractivity contribution in [2.24, 2.45) is 0 Å². The molecule has 2 atom stereocenters. The maximum atomic E-state index is 14.1. The van der Waals surface area contributed by atoms with Crippen molar-refractivity contribution in [2.75, 3.05) is 12.8 Å². The van der Waals surface area contributed by atoms with Gasteiger partial charge in [-0.2, -0.15) is 0 Å². The molecule has 0 saturated heterocycles. The highest BCUT2D eigenvalue weighted by molar-refractivity contribution is 5.97. The number of aromatic nitrogens is 2. The van der Waals surface area contributed by atoms with Crippen LogP contribution in [0.15, 0.2) is 54.5 Å². The summed E-state index contributed by atoms with van der Waals surface area (Å²) in [4.78, 5) is 20.7. The van der Waals surface area contributed by atoms with Gasteiger partial charge in [0, 0.05) is 26.1 Å². The predicted molar refractivity (Wildman–Crippen MR) is 99.4 cm³/mol. The molecule has 6 nitrogen and oxygen atoms in total. The Kier molecular flexibility index (Phi) is 4.24. The number of hydrogen-bond donors (Lipinski definition) is 2. The third kappa shape index (κ3) is 2.90. The van der Waals surface area contributed by atoms with Crippen molar-refractivity contribution in [2.45, 2.75) is 24.5 Å². The lowest BCUT2D eigenvalue weighted by atomic mass is 9.74. The first-order valence-corrected chi connectivity index (χ1v) is 8.64. The number of ether oxygens (including phenoxy) is 1. The van der Waals surface area contributed by atoms with E-state index in [4.69, 9.17) is 10.5 Å². The molecule has 27 heavy (non-hydrogen) atoms. The lowest BCUT2D eigenvalue weighted by molar-refractivity contribution is 0.00749. The maximum absolute atomic E-state index is 14.1. The molecule has 1 amide bonds. The fourth-order valence-corrected chi connectivity index (χ4v) is 3.83. The van der Waals surface area contributed by atoms with Crippen molar-refractivity contribution in [3.05, 3.63) is 71.3 Å². The summed E-state index contributed by atoms with van der Waals surface area (Å²) >= 11 is 0. The number of allylic oxidation sites excluding steroid dienone is 2. The van der Waals surface area contributed by atoms with Gasteiger partial charge in [0.2, 0.25) is 5.95 Å². The lowest BCUT2D eigenvalue weighted by Crippen LogP contribution is -2.58. The van der Waals surface area contributed by atoms with E-state index in [9.17, 15) is 9.18 Å². The molecule has 138 valence electrons. The van der Waals surface area contributed by atoms with E-state index >= 15 is 0 Å². The molecule has 2 aromatic rings. The number of nitrogens with two attached hydrogens (primary N) is 1. The minimum absolute atomic E-state index is 0.113. The van der Waals surface area contributed by atoms with Gasteiger partial charge in [-0.25, -0.2) is 14.4 Å². The zero-order chi connectivity index (χ0) is 19.0. The van der Waals surface area contributed by atoms with Crippen molar-refractivity contribution in [1.82, 2.24) is 15.3 Å². The summed E-state index contributed by atoms with van der Waals surface area (Å²) in [6, 6.07) is 9.03. The van der Waals surface area contributed by atoms with Crippen molar-refractivity contribution in [3.63, 3.8) is 0 Å². The Morgan fingerprint density at radius 3 is 2.85 bits per heavy atom. The summed E-state index contributed by atoms with van der Waals surface area (Å²) in [6.45, 7) is 0. The molecule has 0 saturated carbocycles. The minimum Gasteiger partial charge on any atom is -0.371 e. The van der Waals surface area contributed by atoms with E-state index in [1.54, 1.807) is 7.11 Å². The van der Waals surface area contributed by atoms with Crippen LogP contribution in [0.5, 0.6) is 0 Å². The number of methoxy groups -OCH3 is 1. The number of nitrogens with zero attached hydrogens (tertiary/aromatic N) is 2. The molecule has 0 bridgehead atoms. The number of amides is 1. The van der Waals surface area contributed by atoms with E-state index in [-0.39, 0.29) is 24.1 Å². The van der Waals surface area contributed by atoms with Crippen LogP contribution >= 0.6 is 0 Å². The van der Waals surface area contributed by atoms with Crippen LogP contribution in [0.3, 0.4) is 0 Å². The molecule has 0 radical (unpaired) electrons. The van der Waals surface area contributed by atoms with E-state index < -0.39 is 11.6 Å². The van der Waals surface area contributed by atoms with Crippen molar-refractivity contribution in [3.8, 4) is 0 Å². The average molecular weight is 366 g/mol. The molecule has 0 fully saturated rings. The number of carbonyl (C=O) groups is 1. The van der Waals surface area contributed by atoms with Crippen LogP contribution in [0.25, 0.3) is 5.57 Å². The number of halogens is 1. The van der Waals surface area contributed by atoms with Gasteiger partial charge >= 0.3 is 0 Å². The molecule has 1 aliphatic carbocycles. The zero-order valence-corrected chi connectivity index (χ0v) is 14.8. The number of rotatable bonds is 3. The van der Waals surface area contributed by atoms with E-state index in [1.165, 1.54) is 18.3 Å². The normalized spacial score (nSPS) is 24.5. The molecular weight excluding hydrogens is 347 g/mol. The standard InChI is InChI=1S/C20H19FN4O2/c1-27-20(8-7-13(21)9-15(20)12-5-3-2-4-6-12)17-10-16-14(18(26)25-17)11-23-19(22)24-16/h2-7,9,11,17H,8,10H2,1H3,(H,25,26)(H2,22,23,24)/t17-,20?/m1/s1. The topological polar surface area (TPSA) is 90.1 Å². The molecule has 4 rings (SSSR count). The van der Waals surface area contributed by atoms with Crippen molar-refractivity contribution < 1.29 is 13.9 Å². The van der Waals surface area contributed by atoms with E-state index in [0.717, 1.165) is 5.56 Å². The van der Waals surface area contributed by atoms with E-state index in [1.807, 2.05) is 30.3 Å². The zero-order valence-electron chi connectivity index (χ0n) is 14.8. The molecule has 0 spiro atoms. The van der Waals surface area contributed by atoms with E-state index in [0.29, 0.717) is 23.3 Å². The Balaban J connectivity index is 1.80. The first kappa shape index (κ1) is 17.4. The van der Waals surface area contributed by atoms with Gasteiger partial charge in [0.05, 0.1) is 17.3 Å². The largest absolute Gasteiger partial charge is 0.371 e. The lowest BCUT2D eigenvalue weighted by Gasteiger charge is -2.44. The van der Waals surface area contributed by atoms with Crippen LogP contribution in [-0.2, 0) is 11.2 Å². The SMILES string of the molecule is COC1([C@H]2Cc3nc(N)ncc3C(=O)N2)CC=C(F)C=C1c1ccccc1. The minimum atomic E-state index is -0.927. The van der Waals surface area contributed by atoms with Gasteiger partial charge in [-0.1, -0.05) is 30.3 Å².